The lowest BCUT2D eigenvalue weighted by Gasteiger charge is -2.30. The molecule has 1 N–H and O–H groups in total. The first kappa shape index (κ1) is 20.9. The summed E-state index contributed by atoms with van der Waals surface area (Å²) >= 11 is 0. The number of carbonyl (C=O) groups excluding carboxylic acids is 2. The van der Waals surface area contributed by atoms with Crippen molar-refractivity contribution in [2.75, 3.05) is 23.9 Å². The molecule has 2 aromatic rings. The van der Waals surface area contributed by atoms with E-state index >= 15 is 0 Å². The molecule has 0 spiro atoms. The van der Waals surface area contributed by atoms with Gasteiger partial charge in [-0.2, -0.15) is 0 Å². The van der Waals surface area contributed by atoms with Crippen molar-refractivity contribution >= 4 is 23.4 Å². The molecular weight excluding hydrogens is 368 g/mol. The van der Waals surface area contributed by atoms with Gasteiger partial charge in [-0.3, -0.25) is 9.69 Å². The number of carbonyl (C=O) groups is 2. The Hall–Kier alpha value is -2.86. The fourth-order valence-electron chi connectivity index (χ4n) is 3.64. The molecule has 2 aromatic carbocycles. The Labute approximate surface area is 171 Å². The van der Waals surface area contributed by atoms with Crippen LogP contribution in [0.2, 0.25) is 0 Å². The van der Waals surface area contributed by atoms with E-state index in [1.807, 2.05) is 69.3 Å². The third-order valence-electron chi connectivity index (χ3n) is 4.87. The standard InChI is InChI=1S/C23H28N2O4/c1-16(26)24-18-12-10-17(11-13-18)14-23(28-5)15-25(21(27)29-22(2,3)4)20-9-7-6-8-19(20)23/h6-13H,14-15H2,1-5H3,(H,24,26). The molecule has 1 unspecified atom stereocenters. The second-order valence-electron chi connectivity index (χ2n) is 8.34. The van der Waals surface area contributed by atoms with E-state index in [0.29, 0.717) is 13.0 Å². The van der Waals surface area contributed by atoms with Crippen LogP contribution >= 0.6 is 0 Å². The van der Waals surface area contributed by atoms with Gasteiger partial charge in [-0.25, -0.2) is 4.79 Å². The molecule has 0 aliphatic carbocycles. The smallest absolute Gasteiger partial charge is 0.414 e. The zero-order chi connectivity index (χ0) is 21.2. The lowest BCUT2D eigenvalue weighted by atomic mass is 9.88. The van der Waals surface area contributed by atoms with E-state index < -0.39 is 11.2 Å². The highest BCUT2D eigenvalue weighted by molar-refractivity contribution is 5.91. The monoisotopic (exact) mass is 396 g/mol. The molecule has 6 heteroatoms. The van der Waals surface area contributed by atoms with Crippen LogP contribution in [-0.4, -0.2) is 31.3 Å². The number of nitrogens with one attached hydrogen (secondary N) is 1. The number of para-hydroxylation sites is 1. The predicted octanol–water partition coefficient (Wildman–Crippen LogP) is 4.48. The average Bonchev–Trinajstić information content (AvgIpc) is 2.97. The molecule has 6 nitrogen and oxygen atoms in total. The van der Waals surface area contributed by atoms with Gasteiger partial charge >= 0.3 is 6.09 Å². The van der Waals surface area contributed by atoms with Crippen LogP contribution in [0, 0.1) is 0 Å². The average molecular weight is 396 g/mol. The maximum Gasteiger partial charge on any atom is 0.414 e. The van der Waals surface area contributed by atoms with Gasteiger partial charge in [0.2, 0.25) is 5.91 Å². The second kappa shape index (κ2) is 7.87. The number of amides is 2. The van der Waals surface area contributed by atoms with Gasteiger partial charge in [0.15, 0.2) is 0 Å². The highest BCUT2D eigenvalue weighted by atomic mass is 16.6. The van der Waals surface area contributed by atoms with Crippen molar-refractivity contribution < 1.29 is 19.1 Å². The first-order valence-electron chi connectivity index (χ1n) is 9.65. The van der Waals surface area contributed by atoms with Crippen molar-refractivity contribution in [1.82, 2.24) is 0 Å². The Morgan fingerprint density at radius 2 is 1.76 bits per heavy atom. The van der Waals surface area contributed by atoms with Crippen LogP contribution < -0.4 is 10.2 Å². The minimum Gasteiger partial charge on any atom is -0.443 e. The van der Waals surface area contributed by atoms with Gasteiger partial charge in [-0.1, -0.05) is 30.3 Å². The molecule has 1 aliphatic rings. The van der Waals surface area contributed by atoms with Crippen molar-refractivity contribution in [2.24, 2.45) is 0 Å². The number of nitrogens with zero attached hydrogens (tertiary/aromatic N) is 1. The van der Waals surface area contributed by atoms with Crippen LogP contribution in [0.5, 0.6) is 0 Å². The molecule has 0 radical (unpaired) electrons. The van der Waals surface area contributed by atoms with Gasteiger partial charge in [-0.05, 0) is 44.5 Å². The second-order valence-corrected chi connectivity index (χ2v) is 8.34. The maximum absolute atomic E-state index is 12.8. The van der Waals surface area contributed by atoms with Crippen molar-refractivity contribution in [3.05, 3.63) is 59.7 Å². The van der Waals surface area contributed by atoms with Crippen molar-refractivity contribution in [2.45, 2.75) is 45.3 Å². The number of anilines is 2. The quantitative estimate of drug-likeness (QED) is 0.827. The van der Waals surface area contributed by atoms with Crippen molar-refractivity contribution in [3.8, 4) is 0 Å². The molecule has 0 aromatic heterocycles. The third kappa shape index (κ3) is 4.59. The normalized spacial score (nSPS) is 18.3. The van der Waals surface area contributed by atoms with Gasteiger partial charge in [0.1, 0.15) is 11.2 Å². The topological polar surface area (TPSA) is 67.9 Å². The number of fused-ring (bicyclic) bond motifs is 1. The SMILES string of the molecule is COC1(Cc2ccc(NC(C)=O)cc2)CN(C(=O)OC(C)(C)C)c2ccccc21. The van der Waals surface area contributed by atoms with E-state index in [1.54, 1.807) is 12.0 Å². The highest BCUT2D eigenvalue weighted by Crippen LogP contribution is 2.44. The molecule has 0 fully saturated rings. The molecule has 1 aliphatic heterocycles. The number of ether oxygens (including phenoxy) is 2. The predicted molar refractivity (Wildman–Crippen MR) is 113 cm³/mol. The summed E-state index contributed by atoms with van der Waals surface area (Å²) in [6.07, 6.45) is 0.199. The molecule has 1 heterocycles. The van der Waals surface area contributed by atoms with Crippen LogP contribution in [0.15, 0.2) is 48.5 Å². The number of benzene rings is 2. The Morgan fingerprint density at radius 1 is 1.10 bits per heavy atom. The van der Waals surface area contributed by atoms with Gasteiger partial charge in [-0.15, -0.1) is 0 Å². The summed E-state index contributed by atoms with van der Waals surface area (Å²) in [6, 6.07) is 15.4. The third-order valence-corrected chi connectivity index (χ3v) is 4.87. The lowest BCUT2D eigenvalue weighted by molar-refractivity contribution is -0.114. The summed E-state index contributed by atoms with van der Waals surface area (Å²) < 4.78 is 11.6. The van der Waals surface area contributed by atoms with Gasteiger partial charge in [0, 0.05) is 31.7 Å². The largest absolute Gasteiger partial charge is 0.443 e. The minimum absolute atomic E-state index is 0.108. The number of hydrogen-bond donors (Lipinski definition) is 1. The van der Waals surface area contributed by atoms with E-state index in [1.165, 1.54) is 6.92 Å². The Morgan fingerprint density at radius 3 is 2.34 bits per heavy atom. The van der Waals surface area contributed by atoms with Crippen LogP contribution in [-0.2, 0) is 26.3 Å². The van der Waals surface area contributed by atoms with Crippen molar-refractivity contribution in [3.63, 3.8) is 0 Å². The summed E-state index contributed by atoms with van der Waals surface area (Å²) in [5, 5.41) is 2.77. The lowest BCUT2D eigenvalue weighted by Crippen LogP contribution is -2.42. The summed E-state index contributed by atoms with van der Waals surface area (Å²) in [5.74, 6) is -0.108. The fourth-order valence-corrected chi connectivity index (χ4v) is 3.64. The summed E-state index contributed by atoms with van der Waals surface area (Å²) in [7, 11) is 1.67. The van der Waals surface area contributed by atoms with E-state index in [4.69, 9.17) is 9.47 Å². The fraction of sp³-hybridized carbons (Fsp3) is 0.391. The summed E-state index contributed by atoms with van der Waals surface area (Å²) in [4.78, 5) is 25.7. The molecule has 0 saturated carbocycles. The molecule has 0 bridgehead atoms. The van der Waals surface area contributed by atoms with Crippen LogP contribution in [0.3, 0.4) is 0 Å². The van der Waals surface area contributed by atoms with Crippen LogP contribution in [0.25, 0.3) is 0 Å². The van der Waals surface area contributed by atoms with E-state index in [-0.39, 0.29) is 12.0 Å². The Balaban J connectivity index is 1.90. The molecule has 29 heavy (non-hydrogen) atoms. The number of hydrogen-bond acceptors (Lipinski definition) is 4. The highest BCUT2D eigenvalue weighted by Gasteiger charge is 2.46. The molecule has 0 saturated heterocycles. The minimum atomic E-state index is -0.678. The first-order chi connectivity index (χ1) is 13.6. The number of rotatable bonds is 4. The van der Waals surface area contributed by atoms with Gasteiger partial charge < -0.3 is 14.8 Å². The summed E-state index contributed by atoms with van der Waals surface area (Å²) in [6.45, 7) is 7.41. The molecule has 3 rings (SSSR count). The van der Waals surface area contributed by atoms with E-state index in [2.05, 4.69) is 5.32 Å². The maximum atomic E-state index is 12.8. The Kier molecular flexibility index (Phi) is 5.66. The zero-order valence-electron chi connectivity index (χ0n) is 17.6. The van der Waals surface area contributed by atoms with Gasteiger partial charge in [0.25, 0.3) is 0 Å². The van der Waals surface area contributed by atoms with E-state index in [9.17, 15) is 9.59 Å². The van der Waals surface area contributed by atoms with Crippen molar-refractivity contribution in [1.29, 1.82) is 0 Å². The first-order valence-corrected chi connectivity index (χ1v) is 9.65. The number of methoxy groups -OCH3 is 1. The van der Waals surface area contributed by atoms with Gasteiger partial charge in [0.05, 0.1) is 12.2 Å². The molecule has 1 atom stereocenters. The van der Waals surface area contributed by atoms with E-state index in [0.717, 1.165) is 22.5 Å². The molecular formula is C23H28N2O4. The van der Waals surface area contributed by atoms with Crippen LogP contribution in [0.1, 0.15) is 38.8 Å². The molecule has 154 valence electrons. The molecule has 2 amide bonds. The summed E-state index contributed by atoms with van der Waals surface area (Å²) in [5.41, 5.74) is 2.29. The van der Waals surface area contributed by atoms with Crippen LogP contribution in [0.4, 0.5) is 16.2 Å². The Bertz CT molecular complexity index is 902. The zero-order valence-corrected chi connectivity index (χ0v) is 17.6.